The molecule has 0 aliphatic carbocycles. The number of halogens is 1. The zero-order valence-electron chi connectivity index (χ0n) is 13.5. The minimum atomic E-state index is -0.378. The summed E-state index contributed by atoms with van der Waals surface area (Å²) in [6.45, 7) is 0.594. The molecule has 0 unspecified atom stereocenters. The average molecular weight is 444 g/mol. The zero-order valence-corrected chi connectivity index (χ0v) is 15.7. The molecular formula is C21H17IO3. The van der Waals surface area contributed by atoms with Crippen molar-refractivity contribution in [1.82, 2.24) is 0 Å². The second kappa shape index (κ2) is 8.67. The molecular weight excluding hydrogens is 427 g/mol. The third-order valence-corrected chi connectivity index (χ3v) is 4.34. The summed E-state index contributed by atoms with van der Waals surface area (Å²) in [6, 6.07) is 24.5. The maximum Gasteiger partial charge on any atom is 0.343 e. The van der Waals surface area contributed by atoms with E-state index in [4.69, 9.17) is 9.47 Å². The number of ether oxygens (including phenoxy) is 2. The van der Waals surface area contributed by atoms with Crippen molar-refractivity contribution in [3.63, 3.8) is 0 Å². The summed E-state index contributed by atoms with van der Waals surface area (Å²) in [6.07, 6.45) is 0.845. The van der Waals surface area contributed by atoms with E-state index in [0.717, 1.165) is 15.7 Å². The standard InChI is InChI=1S/C21H17IO3/c22-18-8-12-20(13-9-18)25-21(23)17-6-10-19(11-7-17)24-15-14-16-4-2-1-3-5-16/h1-13H,14-15H2. The minimum Gasteiger partial charge on any atom is -0.493 e. The van der Waals surface area contributed by atoms with E-state index in [0.29, 0.717) is 17.9 Å². The summed E-state index contributed by atoms with van der Waals surface area (Å²) in [5, 5.41) is 0. The van der Waals surface area contributed by atoms with E-state index in [-0.39, 0.29) is 5.97 Å². The van der Waals surface area contributed by atoms with Crippen LogP contribution in [0.25, 0.3) is 0 Å². The molecule has 0 heterocycles. The summed E-state index contributed by atoms with van der Waals surface area (Å²) in [4.78, 5) is 12.1. The molecule has 3 rings (SSSR count). The quantitative estimate of drug-likeness (QED) is 0.301. The van der Waals surface area contributed by atoms with Gasteiger partial charge in [-0.25, -0.2) is 4.79 Å². The summed E-state index contributed by atoms with van der Waals surface area (Å²) in [7, 11) is 0. The Hall–Kier alpha value is -2.34. The van der Waals surface area contributed by atoms with Crippen LogP contribution >= 0.6 is 22.6 Å². The van der Waals surface area contributed by atoms with Crippen LogP contribution in [-0.2, 0) is 6.42 Å². The second-order valence-corrected chi connectivity index (χ2v) is 6.70. The fourth-order valence-electron chi connectivity index (χ4n) is 2.29. The summed E-state index contributed by atoms with van der Waals surface area (Å²) in [5.74, 6) is 0.896. The lowest BCUT2D eigenvalue weighted by Gasteiger charge is -2.08. The molecule has 0 aliphatic heterocycles. The van der Waals surface area contributed by atoms with Gasteiger partial charge in [-0.3, -0.25) is 0 Å². The van der Waals surface area contributed by atoms with Crippen molar-refractivity contribution < 1.29 is 14.3 Å². The molecule has 0 aliphatic rings. The molecule has 3 nitrogen and oxygen atoms in total. The van der Waals surface area contributed by atoms with Gasteiger partial charge in [0.1, 0.15) is 11.5 Å². The van der Waals surface area contributed by atoms with Crippen LogP contribution in [0, 0.1) is 3.57 Å². The van der Waals surface area contributed by atoms with Gasteiger partial charge in [-0.1, -0.05) is 30.3 Å². The molecule has 126 valence electrons. The number of rotatable bonds is 6. The molecule has 0 saturated heterocycles. The number of carbonyl (C=O) groups excluding carboxylic acids is 1. The van der Waals surface area contributed by atoms with Crippen molar-refractivity contribution in [2.24, 2.45) is 0 Å². The van der Waals surface area contributed by atoms with Crippen LogP contribution < -0.4 is 9.47 Å². The van der Waals surface area contributed by atoms with Gasteiger partial charge in [0.2, 0.25) is 0 Å². The highest BCUT2D eigenvalue weighted by Gasteiger charge is 2.08. The molecule has 3 aromatic rings. The normalized spacial score (nSPS) is 10.3. The van der Waals surface area contributed by atoms with Crippen LogP contribution in [0.4, 0.5) is 0 Å². The number of carbonyl (C=O) groups is 1. The molecule has 0 radical (unpaired) electrons. The minimum absolute atomic E-state index is 0.378. The highest BCUT2D eigenvalue weighted by atomic mass is 127. The largest absolute Gasteiger partial charge is 0.493 e. The molecule has 4 heteroatoms. The fraction of sp³-hybridized carbons (Fsp3) is 0.0952. The van der Waals surface area contributed by atoms with E-state index in [1.165, 1.54) is 5.56 Å². The Kier molecular flexibility index (Phi) is 6.06. The van der Waals surface area contributed by atoms with Crippen molar-refractivity contribution in [3.05, 3.63) is 93.6 Å². The Labute approximate surface area is 160 Å². The maximum atomic E-state index is 12.1. The molecule has 0 spiro atoms. The first kappa shape index (κ1) is 17.5. The molecule has 0 aromatic heterocycles. The number of hydrogen-bond donors (Lipinski definition) is 0. The monoisotopic (exact) mass is 444 g/mol. The van der Waals surface area contributed by atoms with Gasteiger partial charge in [0, 0.05) is 9.99 Å². The first-order valence-corrected chi connectivity index (χ1v) is 9.03. The van der Waals surface area contributed by atoms with Gasteiger partial charge in [0.15, 0.2) is 0 Å². The van der Waals surface area contributed by atoms with E-state index in [2.05, 4.69) is 34.7 Å². The van der Waals surface area contributed by atoms with Crippen molar-refractivity contribution >= 4 is 28.6 Å². The van der Waals surface area contributed by atoms with Crippen molar-refractivity contribution in [2.45, 2.75) is 6.42 Å². The molecule has 0 saturated carbocycles. The number of benzene rings is 3. The molecule has 0 atom stereocenters. The van der Waals surface area contributed by atoms with E-state index in [1.807, 2.05) is 30.3 Å². The lowest BCUT2D eigenvalue weighted by Crippen LogP contribution is -2.08. The highest BCUT2D eigenvalue weighted by Crippen LogP contribution is 2.17. The summed E-state index contributed by atoms with van der Waals surface area (Å²) < 4.78 is 12.2. The van der Waals surface area contributed by atoms with E-state index in [9.17, 15) is 4.79 Å². The third kappa shape index (κ3) is 5.32. The van der Waals surface area contributed by atoms with Crippen molar-refractivity contribution in [2.75, 3.05) is 6.61 Å². The molecule has 0 amide bonds. The Morgan fingerprint density at radius 1 is 0.800 bits per heavy atom. The molecule has 3 aromatic carbocycles. The Morgan fingerprint density at radius 2 is 1.44 bits per heavy atom. The van der Waals surface area contributed by atoms with Gasteiger partial charge < -0.3 is 9.47 Å². The van der Waals surface area contributed by atoms with E-state index < -0.39 is 0 Å². The molecule has 0 N–H and O–H groups in total. The SMILES string of the molecule is O=C(Oc1ccc(I)cc1)c1ccc(OCCc2ccccc2)cc1. The fourth-order valence-corrected chi connectivity index (χ4v) is 2.65. The second-order valence-electron chi connectivity index (χ2n) is 5.45. The first-order valence-electron chi connectivity index (χ1n) is 7.95. The lowest BCUT2D eigenvalue weighted by molar-refractivity contribution is 0.0734. The Balaban J connectivity index is 1.52. The first-order chi connectivity index (χ1) is 12.2. The van der Waals surface area contributed by atoms with Crippen LogP contribution in [-0.4, -0.2) is 12.6 Å². The summed E-state index contributed by atoms with van der Waals surface area (Å²) >= 11 is 2.21. The van der Waals surface area contributed by atoms with Gasteiger partial charge in [-0.15, -0.1) is 0 Å². The van der Waals surface area contributed by atoms with Crippen LogP contribution in [0.3, 0.4) is 0 Å². The van der Waals surface area contributed by atoms with Crippen molar-refractivity contribution in [3.8, 4) is 11.5 Å². The highest BCUT2D eigenvalue weighted by molar-refractivity contribution is 14.1. The smallest absolute Gasteiger partial charge is 0.343 e. The topological polar surface area (TPSA) is 35.5 Å². The molecule has 0 bridgehead atoms. The lowest BCUT2D eigenvalue weighted by atomic mass is 10.2. The third-order valence-electron chi connectivity index (χ3n) is 3.62. The van der Waals surface area contributed by atoms with Crippen LogP contribution in [0.15, 0.2) is 78.9 Å². The predicted octanol–water partition coefficient (Wildman–Crippen LogP) is 5.13. The van der Waals surface area contributed by atoms with E-state index >= 15 is 0 Å². The van der Waals surface area contributed by atoms with Gasteiger partial charge in [-0.2, -0.15) is 0 Å². The van der Waals surface area contributed by atoms with Crippen LogP contribution in [0.1, 0.15) is 15.9 Å². The maximum absolute atomic E-state index is 12.1. The predicted molar refractivity (Wildman–Crippen MR) is 106 cm³/mol. The van der Waals surface area contributed by atoms with Crippen LogP contribution in [0.2, 0.25) is 0 Å². The van der Waals surface area contributed by atoms with E-state index in [1.54, 1.807) is 36.4 Å². The zero-order chi connectivity index (χ0) is 17.5. The van der Waals surface area contributed by atoms with Gasteiger partial charge in [0.25, 0.3) is 0 Å². The van der Waals surface area contributed by atoms with Gasteiger partial charge in [-0.05, 0) is 76.7 Å². The molecule has 25 heavy (non-hydrogen) atoms. The average Bonchev–Trinajstić information content (AvgIpc) is 2.65. The summed E-state index contributed by atoms with van der Waals surface area (Å²) in [5.41, 5.74) is 1.73. The van der Waals surface area contributed by atoms with Crippen LogP contribution in [0.5, 0.6) is 11.5 Å². The van der Waals surface area contributed by atoms with Gasteiger partial charge in [0.05, 0.1) is 12.2 Å². The number of esters is 1. The molecule has 0 fully saturated rings. The Bertz CT molecular complexity index is 812. The Morgan fingerprint density at radius 3 is 2.12 bits per heavy atom. The number of hydrogen-bond acceptors (Lipinski definition) is 3. The van der Waals surface area contributed by atoms with Crippen molar-refractivity contribution in [1.29, 1.82) is 0 Å². The van der Waals surface area contributed by atoms with Gasteiger partial charge >= 0.3 is 5.97 Å².